The summed E-state index contributed by atoms with van der Waals surface area (Å²) >= 11 is 0. The quantitative estimate of drug-likeness (QED) is 0.516. The standard InChI is InChI=1S/C25H25F3N2O7/c1-2-11-34-18-13-20(37-19(18)15-36-21-10-6-7-12-35-21)29-14-17(25(26,27)28)23(32)30(24(29)33)22(31)16-8-4-3-5-9-16/h1,3-5,8-9,14,18-21H,6-7,10-13,15H2/t18-,19+,20+,21?/m0/s1. The molecule has 4 atom stereocenters. The molecule has 1 unspecified atom stereocenters. The molecule has 2 aliphatic rings. The molecule has 3 heterocycles. The lowest BCUT2D eigenvalue weighted by atomic mass is 10.1. The van der Waals surface area contributed by atoms with Crippen LogP contribution in [0.3, 0.4) is 0 Å². The van der Waals surface area contributed by atoms with E-state index in [0.717, 1.165) is 12.8 Å². The molecule has 0 amide bonds. The molecular formula is C25H25F3N2O7. The van der Waals surface area contributed by atoms with Gasteiger partial charge in [-0.3, -0.25) is 14.2 Å². The predicted octanol–water partition coefficient (Wildman–Crippen LogP) is 2.57. The van der Waals surface area contributed by atoms with Crippen molar-refractivity contribution in [3.63, 3.8) is 0 Å². The molecule has 0 N–H and O–H groups in total. The van der Waals surface area contributed by atoms with Crippen LogP contribution in [-0.2, 0) is 25.1 Å². The third-order valence-corrected chi connectivity index (χ3v) is 6.10. The fraction of sp³-hybridized carbons (Fsp3) is 0.480. The van der Waals surface area contributed by atoms with E-state index < -0.39 is 53.6 Å². The Morgan fingerprint density at radius 2 is 1.92 bits per heavy atom. The predicted molar refractivity (Wildman–Crippen MR) is 123 cm³/mol. The molecule has 198 valence electrons. The number of carbonyl (C=O) groups is 1. The maximum Gasteiger partial charge on any atom is 0.423 e. The van der Waals surface area contributed by atoms with Gasteiger partial charge in [0, 0.05) is 24.8 Å². The van der Waals surface area contributed by atoms with E-state index in [2.05, 4.69) is 5.92 Å². The van der Waals surface area contributed by atoms with Gasteiger partial charge in [-0.1, -0.05) is 24.1 Å². The number of rotatable bonds is 7. The van der Waals surface area contributed by atoms with Crippen LogP contribution in [0.15, 0.2) is 46.1 Å². The van der Waals surface area contributed by atoms with E-state index in [1.807, 2.05) is 0 Å². The maximum absolute atomic E-state index is 13.8. The minimum absolute atomic E-state index is 0.0279. The van der Waals surface area contributed by atoms with Crippen molar-refractivity contribution in [3.05, 3.63) is 68.5 Å². The Bertz CT molecular complexity index is 1260. The molecule has 0 aliphatic carbocycles. The van der Waals surface area contributed by atoms with Crippen LogP contribution in [0.25, 0.3) is 0 Å². The minimum Gasteiger partial charge on any atom is -0.363 e. The molecule has 12 heteroatoms. The number of aromatic nitrogens is 2. The highest BCUT2D eigenvalue weighted by molar-refractivity contribution is 5.95. The first-order valence-corrected chi connectivity index (χ1v) is 11.7. The molecule has 1 aromatic carbocycles. The topological polar surface area (TPSA) is 98.0 Å². The van der Waals surface area contributed by atoms with E-state index in [4.69, 9.17) is 25.4 Å². The summed E-state index contributed by atoms with van der Waals surface area (Å²) in [5.41, 5.74) is -4.86. The molecule has 4 rings (SSSR count). The summed E-state index contributed by atoms with van der Waals surface area (Å²) in [4.78, 5) is 38.8. The van der Waals surface area contributed by atoms with E-state index in [0.29, 0.717) is 23.8 Å². The van der Waals surface area contributed by atoms with Gasteiger partial charge in [0.2, 0.25) is 0 Å². The number of hydrogen-bond donors (Lipinski definition) is 0. The van der Waals surface area contributed by atoms with Gasteiger partial charge < -0.3 is 18.9 Å². The summed E-state index contributed by atoms with van der Waals surface area (Å²) in [6.07, 6.45) is -0.317. The Balaban J connectivity index is 1.69. The van der Waals surface area contributed by atoms with Gasteiger partial charge in [-0.15, -0.1) is 6.42 Å². The first kappa shape index (κ1) is 26.8. The van der Waals surface area contributed by atoms with E-state index in [1.54, 1.807) is 6.07 Å². The summed E-state index contributed by atoms with van der Waals surface area (Å²) in [6, 6.07) is 7.06. The lowest BCUT2D eigenvalue weighted by Gasteiger charge is -2.25. The fourth-order valence-corrected chi connectivity index (χ4v) is 4.26. The van der Waals surface area contributed by atoms with Crippen molar-refractivity contribution in [3.8, 4) is 12.3 Å². The van der Waals surface area contributed by atoms with E-state index >= 15 is 0 Å². The number of halogens is 3. The second kappa shape index (κ2) is 11.4. The first-order valence-electron chi connectivity index (χ1n) is 11.7. The van der Waals surface area contributed by atoms with Crippen molar-refractivity contribution >= 4 is 5.91 Å². The first-order chi connectivity index (χ1) is 17.7. The van der Waals surface area contributed by atoms with Gasteiger partial charge in [-0.25, -0.2) is 4.79 Å². The number of carbonyl (C=O) groups excluding carboxylic acids is 1. The van der Waals surface area contributed by atoms with Crippen LogP contribution in [0.5, 0.6) is 0 Å². The Hall–Kier alpha value is -3.24. The highest BCUT2D eigenvalue weighted by Gasteiger charge is 2.42. The van der Waals surface area contributed by atoms with Gasteiger partial charge >= 0.3 is 11.9 Å². The second-order valence-corrected chi connectivity index (χ2v) is 8.59. The average molecular weight is 522 g/mol. The molecule has 1 aromatic heterocycles. The SMILES string of the molecule is C#CCO[C@H]1C[C@H](n2cc(C(F)(F)F)c(=O)n(C(=O)c3ccccc3)c2=O)O[C@@H]1COC1CCCCO1. The fourth-order valence-electron chi connectivity index (χ4n) is 4.26. The molecule has 0 spiro atoms. The zero-order valence-electron chi connectivity index (χ0n) is 19.7. The van der Waals surface area contributed by atoms with Crippen molar-refractivity contribution in [1.82, 2.24) is 9.13 Å². The van der Waals surface area contributed by atoms with Crippen LogP contribution in [0.1, 0.15) is 47.8 Å². The summed E-state index contributed by atoms with van der Waals surface area (Å²) in [5.74, 6) is 1.12. The summed E-state index contributed by atoms with van der Waals surface area (Å²) < 4.78 is 64.7. The Morgan fingerprint density at radius 1 is 1.16 bits per heavy atom. The van der Waals surface area contributed by atoms with Crippen molar-refractivity contribution in [2.45, 2.75) is 56.6 Å². The van der Waals surface area contributed by atoms with E-state index in [-0.39, 0.29) is 29.8 Å². The van der Waals surface area contributed by atoms with Crippen LogP contribution >= 0.6 is 0 Å². The van der Waals surface area contributed by atoms with Crippen LogP contribution in [0.2, 0.25) is 0 Å². The lowest BCUT2D eigenvalue weighted by Crippen LogP contribution is -2.47. The van der Waals surface area contributed by atoms with Crippen LogP contribution < -0.4 is 11.2 Å². The number of nitrogens with zero attached hydrogens (tertiary/aromatic N) is 2. The van der Waals surface area contributed by atoms with Gasteiger partial charge in [-0.2, -0.15) is 17.7 Å². The van der Waals surface area contributed by atoms with Crippen LogP contribution in [0, 0.1) is 12.3 Å². The number of ether oxygens (including phenoxy) is 4. The van der Waals surface area contributed by atoms with Crippen molar-refractivity contribution < 1.29 is 36.9 Å². The molecule has 2 saturated heterocycles. The van der Waals surface area contributed by atoms with Gasteiger partial charge in [0.15, 0.2) is 6.29 Å². The molecule has 0 saturated carbocycles. The minimum atomic E-state index is -5.13. The molecule has 2 fully saturated rings. The molecule has 9 nitrogen and oxygen atoms in total. The Labute approximate surface area is 209 Å². The summed E-state index contributed by atoms with van der Waals surface area (Å²) in [7, 11) is 0. The summed E-state index contributed by atoms with van der Waals surface area (Å²) in [5, 5.41) is 0. The van der Waals surface area contributed by atoms with Crippen LogP contribution in [0.4, 0.5) is 13.2 Å². The number of alkyl halides is 3. The van der Waals surface area contributed by atoms with Gasteiger partial charge in [0.25, 0.3) is 11.5 Å². The van der Waals surface area contributed by atoms with E-state index in [9.17, 15) is 27.6 Å². The molecule has 2 aromatic rings. The number of hydrogen-bond acceptors (Lipinski definition) is 7. The molecule has 0 radical (unpaired) electrons. The highest BCUT2D eigenvalue weighted by Crippen LogP contribution is 2.32. The largest absolute Gasteiger partial charge is 0.423 e. The number of terminal acetylenes is 1. The van der Waals surface area contributed by atoms with Gasteiger partial charge in [0.05, 0.1) is 12.7 Å². The smallest absolute Gasteiger partial charge is 0.363 e. The van der Waals surface area contributed by atoms with Gasteiger partial charge in [0.1, 0.15) is 24.5 Å². The summed E-state index contributed by atoms with van der Waals surface area (Å²) in [6.45, 7) is 0.411. The Kier molecular flexibility index (Phi) is 8.29. The normalized spacial score (nSPS) is 24.1. The monoisotopic (exact) mass is 522 g/mol. The van der Waals surface area contributed by atoms with Crippen molar-refractivity contribution in [2.75, 3.05) is 19.8 Å². The zero-order chi connectivity index (χ0) is 26.6. The second-order valence-electron chi connectivity index (χ2n) is 8.59. The third kappa shape index (κ3) is 6.02. The molecule has 2 aliphatic heterocycles. The van der Waals surface area contributed by atoms with Crippen LogP contribution in [-0.4, -0.2) is 53.4 Å². The van der Waals surface area contributed by atoms with Crippen molar-refractivity contribution in [1.29, 1.82) is 0 Å². The average Bonchev–Trinajstić information content (AvgIpc) is 3.29. The lowest BCUT2D eigenvalue weighted by molar-refractivity contribution is -0.187. The van der Waals surface area contributed by atoms with Crippen molar-refractivity contribution in [2.24, 2.45) is 0 Å². The zero-order valence-corrected chi connectivity index (χ0v) is 19.7. The number of benzene rings is 1. The third-order valence-electron chi connectivity index (χ3n) is 6.10. The highest BCUT2D eigenvalue weighted by atomic mass is 19.4. The molecule has 0 bridgehead atoms. The Morgan fingerprint density at radius 3 is 2.57 bits per heavy atom. The van der Waals surface area contributed by atoms with E-state index in [1.165, 1.54) is 24.3 Å². The van der Waals surface area contributed by atoms with Gasteiger partial charge in [-0.05, 0) is 31.4 Å². The molecule has 37 heavy (non-hydrogen) atoms. The molecular weight excluding hydrogens is 497 g/mol. The maximum atomic E-state index is 13.8.